The van der Waals surface area contributed by atoms with Gasteiger partial charge in [-0.1, -0.05) is 16.9 Å². The lowest BCUT2D eigenvalue weighted by molar-refractivity contribution is -0.117. The Labute approximate surface area is 108 Å². The molecule has 1 fully saturated rings. The molecule has 1 atom stereocenters. The van der Waals surface area contributed by atoms with E-state index in [2.05, 4.69) is 20.1 Å². The Morgan fingerprint density at radius 1 is 1.67 bits per heavy atom. The number of carbonyl (C=O) groups is 1. The summed E-state index contributed by atoms with van der Waals surface area (Å²) in [4.78, 5) is 20.4. The first kappa shape index (κ1) is 12.7. The van der Waals surface area contributed by atoms with Crippen LogP contribution in [0.3, 0.4) is 0 Å². The molecule has 9 heteroatoms. The van der Waals surface area contributed by atoms with Crippen molar-refractivity contribution >= 4 is 23.6 Å². The van der Waals surface area contributed by atoms with Gasteiger partial charge in [-0.2, -0.15) is 4.98 Å². The van der Waals surface area contributed by atoms with E-state index in [9.17, 15) is 4.79 Å². The molecule has 8 nitrogen and oxygen atoms in total. The second-order valence-corrected chi connectivity index (χ2v) is 4.78. The predicted molar refractivity (Wildman–Crippen MR) is 67.3 cm³/mol. The maximum absolute atomic E-state index is 11.9. The van der Waals surface area contributed by atoms with Gasteiger partial charge < -0.3 is 0 Å². The number of hydrogen-bond acceptors (Lipinski definition) is 5. The van der Waals surface area contributed by atoms with Crippen molar-refractivity contribution in [3.05, 3.63) is 10.4 Å². The van der Waals surface area contributed by atoms with Crippen LogP contribution < -0.4 is 4.90 Å². The molecular formula is C9H13N7OS. The van der Waals surface area contributed by atoms with Crippen LogP contribution >= 0.6 is 11.8 Å². The molecule has 1 aliphatic rings. The van der Waals surface area contributed by atoms with Gasteiger partial charge in [0.15, 0.2) is 5.16 Å². The van der Waals surface area contributed by atoms with Gasteiger partial charge >= 0.3 is 0 Å². The van der Waals surface area contributed by atoms with E-state index in [1.807, 2.05) is 6.26 Å². The van der Waals surface area contributed by atoms with Crippen LogP contribution in [0, 0.1) is 5.92 Å². The smallest absolute Gasteiger partial charge is 0.252 e. The first-order valence-corrected chi connectivity index (χ1v) is 6.64. The molecule has 1 aromatic rings. The third kappa shape index (κ3) is 2.41. The topological polar surface area (TPSA) is 99.8 Å². The molecule has 2 heterocycles. The summed E-state index contributed by atoms with van der Waals surface area (Å²) in [5.74, 6) is 0.455. The first-order chi connectivity index (χ1) is 8.65. The van der Waals surface area contributed by atoms with Crippen molar-refractivity contribution in [2.75, 3.05) is 24.2 Å². The molecule has 96 valence electrons. The normalized spacial score (nSPS) is 19.1. The van der Waals surface area contributed by atoms with Crippen molar-refractivity contribution in [2.45, 2.75) is 11.6 Å². The number of thioether (sulfide) groups is 1. The van der Waals surface area contributed by atoms with Gasteiger partial charge in [-0.25, -0.2) is 4.68 Å². The van der Waals surface area contributed by atoms with Gasteiger partial charge in [0, 0.05) is 31.5 Å². The number of anilines is 1. The van der Waals surface area contributed by atoms with E-state index in [1.54, 1.807) is 16.6 Å². The minimum absolute atomic E-state index is 0.0219. The van der Waals surface area contributed by atoms with Crippen LogP contribution in [0.2, 0.25) is 0 Å². The molecule has 0 radical (unpaired) electrons. The van der Waals surface area contributed by atoms with Crippen LogP contribution in [0.15, 0.2) is 10.3 Å². The second kappa shape index (κ2) is 5.28. The minimum atomic E-state index is -0.0219. The highest BCUT2D eigenvalue weighted by atomic mass is 32.2. The second-order valence-electron chi connectivity index (χ2n) is 4.01. The maximum Gasteiger partial charge on any atom is 0.252 e. The largest absolute Gasteiger partial charge is 0.279 e. The maximum atomic E-state index is 11.9. The summed E-state index contributed by atoms with van der Waals surface area (Å²) in [6.07, 6.45) is 2.29. The fraction of sp³-hybridized carbons (Fsp3) is 0.667. The number of carbonyl (C=O) groups excluding carboxylic acids is 1. The third-order valence-corrected chi connectivity index (χ3v) is 3.46. The Morgan fingerprint density at radius 3 is 3.06 bits per heavy atom. The van der Waals surface area contributed by atoms with Crippen LogP contribution in [-0.4, -0.2) is 40.0 Å². The van der Waals surface area contributed by atoms with E-state index in [-0.39, 0.29) is 11.8 Å². The van der Waals surface area contributed by atoms with Crippen LogP contribution in [0.25, 0.3) is 10.4 Å². The standard InChI is InChI=1S/C9H13N7OS/c1-15-9(18-2)12-8(13-15)16-5-6(3-7(16)17)4-11-14-10/h6H,3-5H2,1-2H3. The number of hydrogen-bond donors (Lipinski definition) is 0. The van der Waals surface area contributed by atoms with Crippen LogP contribution in [-0.2, 0) is 11.8 Å². The molecule has 1 saturated heterocycles. The average molecular weight is 267 g/mol. The fourth-order valence-electron chi connectivity index (χ4n) is 1.90. The Morgan fingerprint density at radius 2 is 2.44 bits per heavy atom. The van der Waals surface area contributed by atoms with Crippen LogP contribution in [0.5, 0.6) is 0 Å². The quantitative estimate of drug-likeness (QED) is 0.354. The molecule has 0 aromatic carbocycles. The van der Waals surface area contributed by atoms with Gasteiger partial charge in [-0.05, 0) is 17.7 Å². The number of azide groups is 1. The van der Waals surface area contributed by atoms with Gasteiger partial charge in [0.05, 0.1) is 0 Å². The van der Waals surface area contributed by atoms with E-state index in [0.717, 1.165) is 5.16 Å². The highest BCUT2D eigenvalue weighted by molar-refractivity contribution is 7.98. The number of nitrogens with zero attached hydrogens (tertiary/aromatic N) is 7. The highest BCUT2D eigenvalue weighted by Crippen LogP contribution is 2.24. The third-order valence-electron chi connectivity index (χ3n) is 2.74. The summed E-state index contributed by atoms with van der Waals surface area (Å²) in [6, 6.07) is 0. The van der Waals surface area contributed by atoms with Crippen molar-refractivity contribution in [1.29, 1.82) is 0 Å². The van der Waals surface area contributed by atoms with Crippen molar-refractivity contribution in [3.8, 4) is 0 Å². The minimum Gasteiger partial charge on any atom is -0.279 e. The molecule has 0 spiro atoms. The molecule has 0 aliphatic carbocycles. The molecule has 1 aliphatic heterocycles. The lowest BCUT2D eigenvalue weighted by Gasteiger charge is -2.10. The summed E-state index contributed by atoms with van der Waals surface area (Å²) < 4.78 is 1.65. The first-order valence-electron chi connectivity index (χ1n) is 5.42. The Hall–Kier alpha value is -1.73. The van der Waals surface area contributed by atoms with Gasteiger partial charge in [-0.15, -0.1) is 5.10 Å². The molecular weight excluding hydrogens is 254 g/mol. The number of rotatable bonds is 4. The summed E-state index contributed by atoms with van der Waals surface area (Å²) in [6.45, 7) is 0.844. The number of amides is 1. The molecule has 1 unspecified atom stereocenters. The zero-order valence-electron chi connectivity index (χ0n) is 10.1. The van der Waals surface area contributed by atoms with Crippen molar-refractivity contribution in [1.82, 2.24) is 14.8 Å². The molecule has 1 aromatic heterocycles. The lowest BCUT2D eigenvalue weighted by Crippen LogP contribution is -2.26. The lowest BCUT2D eigenvalue weighted by atomic mass is 10.1. The zero-order chi connectivity index (χ0) is 13.1. The predicted octanol–water partition coefficient (Wildman–Crippen LogP) is 1.20. The number of aromatic nitrogens is 3. The van der Waals surface area contributed by atoms with Crippen LogP contribution in [0.4, 0.5) is 5.95 Å². The molecule has 0 bridgehead atoms. The summed E-state index contributed by atoms with van der Waals surface area (Å²) in [5, 5.41) is 8.48. The fourth-order valence-corrected chi connectivity index (χ4v) is 2.38. The van der Waals surface area contributed by atoms with E-state index < -0.39 is 0 Å². The molecule has 18 heavy (non-hydrogen) atoms. The number of aryl methyl sites for hydroxylation is 1. The molecule has 0 saturated carbocycles. The summed E-state index contributed by atoms with van der Waals surface area (Å²) >= 11 is 1.48. The van der Waals surface area contributed by atoms with Crippen molar-refractivity contribution in [2.24, 2.45) is 18.1 Å². The SMILES string of the molecule is CSc1nc(N2CC(CN=[N+]=[N-])CC2=O)nn1C. The van der Waals surface area contributed by atoms with Gasteiger partial charge in [0.25, 0.3) is 5.95 Å². The monoisotopic (exact) mass is 267 g/mol. The van der Waals surface area contributed by atoms with Gasteiger partial charge in [-0.3, -0.25) is 9.69 Å². The molecule has 0 N–H and O–H groups in total. The molecule has 2 rings (SSSR count). The Kier molecular flexibility index (Phi) is 3.73. The van der Waals surface area contributed by atoms with Crippen molar-refractivity contribution < 1.29 is 4.79 Å². The zero-order valence-corrected chi connectivity index (χ0v) is 11.0. The van der Waals surface area contributed by atoms with Gasteiger partial charge in [0.1, 0.15) is 0 Å². The van der Waals surface area contributed by atoms with Gasteiger partial charge in [0.2, 0.25) is 5.91 Å². The van der Waals surface area contributed by atoms with E-state index >= 15 is 0 Å². The molecule has 1 amide bonds. The average Bonchev–Trinajstić information content (AvgIpc) is 2.89. The van der Waals surface area contributed by atoms with E-state index in [1.165, 1.54) is 11.8 Å². The van der Waals surface area contributed by atoms with Crippen molar-refractivity contribution in [3.63, 3.8) is 0 Å². The van der Waals surface area contributed by atoms with Crippen LogP contribution in [0.1, 0.15) is 6.42 Å². The Balaban J connectivity index is 2.13. The van der Waals surface area contributed by atoms with E-state index in [4.69, 9.17) is 5.53 Å². The summed E-state index contributed by atoms with van der Waals surface area (Å²) in [7, 11) is 1.79. The Bertz CT molecular complexity index is 507. The summed E-state index contributed by atoms with van der Waals surface area (Å²) in [5.41, 5.74) is 8.28. The van der Waals surface area contributed by atoms with E-state index in [0.29, 0.717) is 25.5 Å². The highest BCUT2D eigenvalue weighted by Gasteiger charge is 2.32.